The maximum Gasteiger partial charge on any atom is 0.266 e. The molecule has 0 aromatic carbocycles. The third-order valence-electron chi connectivity index (χ3n) is 4.32. The van der Waals surface area contributed by atoms with Crippen molar-refractivity contribution in [3.05, 3.63) is 0 Å². The molecule has 0 aliphatic heterocycles. The average molecular weight is 385 g/mol. The summed E-state index contributed by atoms with van der Waals surface area (Å²) in [5, 5.41) is 0. The minimum absolute atomic E-state index is 0.0289. The molecule has 4 nitrogen and oxygen atoms in total. The number of hydrogen-bond donors (Lipinski definition) is 2. The fourth-order valence-corrected chi connectivity index (χ4v) is 8.38. The Balaban J connectivity index is 0. The van der Waals surface area contributed by atoms with Crippen molar-refractivity contribution in [3.63, 3.8) is 0 Å². The lowest BCUT2D eigenvalue weighted by Gasteiger charge is -2.37. The van der Waals surface area contributed by atoms with Crippen molar-refractivity contribution in [1.82, 2.24) is 0 Å². The molecule has 0 atom stereocenters. The van der Waals surface area contributed by atoms with E-state index < -0.39 is 17.4 Å². The summed E-state index contributed by atoms with van der Waals surface area (Å²) < 4.78 is 27.3. The average Bonchev–Trinajstić information content (AvgIpc) is 2.53. The molecule has 0 spiro atoms. The lowest BCUT2D eigenvalue weighted by Crippen LogP contribution is -2.13. The largest absolute Gasteiger partial charge is 0.329 e. The molecular formula is C18H43NO3PS. The highest BCUT2D eigenvalue weighted by atomic mass is 32.2. The maximum atomic E-state index is 9.71. The van der Waals surface area contributed by atoms with Gasteiger partial charge in [0, 0.05) is 6.54 Å². The van der Waals surface area contributed by atoms with Gasteiger partial charge in [0.15, 0.2) is 0 Å². The first kappa shape index (κ1) is 26.5. The van der Waals surface area contributed by atoms with Gasteiger partial charge in [0.25, 0.3) is 10.1 Å². The Morgan fingerprint density at radius 1 is 0.750 bits per heavy atom. The Bertz CT molecular complexity index is 324. The van der Waals surface area contributed by atoms with Gasteiger partial charge >= 0.3 is 0 Å². The van der Waals surface area contributed by atoms with Crippen molar-refractivity contribution < 1.29 is 13.0 Å². The van der Waals surface area contributed by atoms with Crippen molar-refractivity contribution in [2.75, 3.05) is 36.9 Å². The summed E-state index contributed by atoms with van der Waals surface area (Å²) in [4.78, 5) is 0. The van der Waals surface area contributed by atoms with E-state index in [9.17, 15) is 8.42 Å². The second kappa shape index (κ2) is 16.8. The molecule has 0 heterocycles. The molecule has 0 saturated heterocycles. The van der Waals surface area contributed by atoms with Gasteiger partial charge in [-0.15, -0.1) is 7.26 Å². The molecule has 0 aliphatic rings. The van der Waals surface area contributed by atoms with E-state index >= 15 is 0 Å². The van der Waals surface area contributed by atoms with Gasteiger partial charge in [-0.25, -0.2) is 0 Å². The molecule has 0 saturated carbocycles. The van der Waals surface area contributed by atoms with E-state index in [2.05, 4.69) is 27.7 Å². The van der Waals surface area contributed by atoms with Crippen LogP contribution in [0.4, 0.5) is 0 Å². The molecule has 1 radical (unpaired) electrons. The highest BCUT2D eigenvalue weighted by Crippen LogP contribution is 2.61. The van der Waals surface area contributed by atoms with E-state index in [1.54, 1.807) is 24.6 Å². The van der Waals surface area contributed by atoms with E-state index in [0.29, 0.717) is 0 Å². The normalized spacial score (nSPS) is 11.9. The van der Waals surface area contributed by atoms with Crippen LogP contribution >= 0.6 is 7.26 Å². The molecule has 0 rings (SSSR count). The summed E-state index contributed by atoms with van der Waals surface area (Å²) >= 11 is 0. The van der Waals surface area contributed by atoms with Crippen LogP contribution in [0.5, 0.6) is 0 Å². The first-order chi connectivity index (χ1) is 11.3. The summed E-state index contributed by atoms with van der Waals surface area (Å²) in [5.74, 6) is -0.354. The van der Waals surface area contributed by atoms with Crippen LogP contribution in [-0.2, 0) is 10.1 Å². The van der Waals surface area contributed by atoms with E-state index in [-0.39, 0.29) is 12.3 Å². The molecule has 0 bridgehead atoms. The van der Waals surface area contributed by atoms with Crippen LogP contribution in [-0.4, -0.2) is 49.9 Å². The zero-order chi connectivity index (χ0) is 18.9. The third kappa shape index (κ3) is 17.1. The fraction of sp³-hybridized carbons (Fsp3) is 1.00. The molecule has 24 heavy (non-hydrogen) atoms. The summed E-state index contributed by atoms with van der Waals surface area (Å²) in [6.45, 7) is 9.39. The van der Waals surface area contributed by atoms with Gasteiger partial charge in [0.2, 0.25) is 0 Å². The second-order valence-corrected chi connectivity index (χ2v) is 12.8. The molecule has 0 unspecified atom stereocenters. The van der Waals surface area contributed by atoms with Crippen LogP contribution < -0.4 is 5.73 Å². The lowest BCUT2D eigenvalue weighted by atomic mass is 10.4. The Morgan fingerprint density at radius 3 is 1.17 bits per heavy atom. The number of hydrogen-bond acceptors (Lipinski definition) is 3. The Kier molecular flexibility index (Phi) is 18.5. The van der Waals surface area contributed by atoms with Crippen LogP contribution in [0.3, 0.4) is 0 Å². The fourth-order valence-electron chi connectivity index (χ4n) is 2.79. The lowest BCUT2D eigenvalue weighted by molar-refractivity contribution is 0.483. The standard InChI is InChI=1S/C16H36P.C2H7NO3S/c1-5-9-13-17(14-10-6-2,15-11-7-3)16-12-8-4;3-1-2-7(4,5)6/h5-16H2,1-4H3;1-3H2,(H,4,5,6). The molecule has 6 heteroatoms. The van der Waals surface area contributed by atoms with Crippen LogP contribution in [0.25, 0.3) is 0 Å². The third-order valence-corrected chi connectivity index (χ3v) is 10.1. The number of unbranched alkanes of at least 4 members (excludes halogenated alkanes) is 4. The van der Waals surface area contributed by atoms with Crippen LogP contribution in [0.15, 0.2) is 0 Å². The van der Waals surface area contributed by atoms with Gasteiger partial charge in [-0.05, 0) is 50.3 Å². The monoisotopic (exact) mass is 384 g/mol. The Labute approximate surface area is 152 Å². The Morgan fingerprint density at radius 2 is 1.04 bits per heavy atom. The van der Waals surface area contributed by atoms with E-state index in [0.717, 1.165) is 0 Å². The topological polar surface area (TPSA) is 80.4 Å². The Hall–Kier alpha value is 0.300. The maximum absolute atomic E-state index is 9.71. The first-order valence-electron chi connectivity index (χ1n) is 9.81. The zero-order valence-corrected chi connectivity index (χ0v) is 18.3. The first-order valence-corrected chi connectivity index (χ1v) is 13.9. The summed E-state index contributed by atoms with van der Waals surface area (Å²) in [5.41, 5.74) is 4.78. The summed E-state index contributed by atoms with van der Waals surface area (Å²) in [6.07, 6.45) is 17.9. The smallest absolute Gasteiger partial charge is 0.266 e. The van der Waals surface area contributed by atoms with Crippen LogP contribution in [0, 0.1) is 0 Å². The molecule has 0 fully saturated rings. The summed E-state index contributed by atoms with van der Waals surface area (Å²) in [6, 6.07) is 0. The zero-order valence-electron chi connectivity index (χ0n) is 16.6. The van der Waals surface area contributed by atoms with E-state index in [1.165, 1.54) is 51.4 Å². The van der Waals surface area contributed by atoms with Crippen molar-refractivity contribution in [1.29, 1.82) is 0 Å². The van der Waals surface area contributed by atoms with E-state index in [4.69, 9.17) is 10.3 Å². The van der Waals surface area contributed by atoms with Gasteiger partial charge in [0.05, 0.1) is 5.75 Å². The van der Waals surface area contributed by atoms with Crippen LogP contribution in [0.2, 0.25) is 0 Å². The molecular weight excluding hydrogens is 341 g/mol. The van der Waals surface area contributed by atoms with Gasteiger partial charge in [-0.3, -0.25) is 4.55 Å². The van der Waals surface area contributed by atoms with Crippen molar-refractivity contribution >= 4 is 17.4 Å². The minimum atomic E-state index is -3.80. The predicted octanol–water partition coefficient (Wildman–Crippen LogP) is 5.04. The molecule has 149 valence electrons. The van der Waals surface area contributed by atoms with Crippen LogP contribution in [0.1, 0.15) is 79.1 Å². The molecule has 0 aromatic heterocycles. The van der Waals surface area contributed by atoms with Crippen molar-refractivity contribution in [3.8, 4) is 0 Å². The molecule has 3 N–H and O–H groups in total. The SMILES string of the molecule is CCCC[P](CCCC)(CCCC)CCCC.NCCS(=O)(=O)O. The van der Waals surface area contributed by atoms with Crippen molar-refractivity contribution in [2.45, 2.75) is 79.1 Å². The highest BCUT2D eigenvalue weighted by molar-refractivity contribution is 7.85. The van der Waals surface area contributed by atoms with Gasteiger partial charge < -0.3 is 5.73 Å². The molecule has 0 amide bonds. The summed E-state index contributed by atoms with van der Waals surface area (Å²) in [7, 11) is -4.36. The van der Waals surface area contributed by atoms with Crippen molar-refractivity contribution in [2.24, 2.45) is 5.73 Å². The number of rotatable bonds is 14. The van der Waals surface area contributed by atoms with Gasteiger partial charge in [-0.1, -0.05) is 53.4 Å². The minimum Gasteiger partial charge on any atom is -0.329 e. The molecule has 0 aliphatic carbocycles. The van der Waals surface area contributed by atoms with Gasteiger partial charge in [0.1, 0.15) is 0 Å². The quantitative estimate of drug-likeness (QED) is 0.325. The molecule has 0 aromatic rings. The van der Waals surface area contributed by atoms with E-state index in [1.807, 2.05) is 0 Å². The predicted molar refractivity (Wildman–Crippen MR) is 111 cm³/mol. The highest BCUT2D eigenvalue weighted by Gasteiger charge is 2.24. The van der Waals surface area contributed by atoms with Gasteiger partial charge in [-0.2, -0.15) is 8.42 Å². The number of nitrogens with two attached hydrogens (primary N) is 1. The second-order valence-electron chi connectivity index (χ2n) is 6.72.